The zero-order chi connectivity index (χ0) is 26.3. The Bertz CT molecular complexity index is 728. The van der Waals surface area contributed by atoms with Gasteiger partial charge in [0.1, 0.15) is 18.1 Å². The number of nitrogens with one attached hydrogen (secondary N) is 4. The van der Waals surface area contributed by atoms with Crippen molar-refractivity contribution in [2.24, 2.45) is 0 Å². The molecule has 0 saturated heterocycles. The van der Waals surface area contributed by atoms with Gasteiger partial charge in [-0.15, -0.1) is 0 Å². The number of aliphatic carboxylic acids is 4. The third-order valence-corrected chi connectivity index (χ3v) is 4.62. The van der Waals surface area contributed by atoms with Crippen LogP contribution in [0.1, 0.15) is 58.8 Å². The fraction of sp³-hybridized carbons (Fsp3) is 0.700. The highest BCUT2D eigenvalue weighted by atomic mass is 16.4. The maximum Gasteiger partial charge on any atom is 0.326 e. The molecule has 0 aliphatic heterocycles. The second-order valence-electron chi connectivity index (χ2n) is 7.93. The summed E-state index contributed by atoms with van der Waals surface area (Å²) in [5, 5.41) is 45.7. The first-order valence-electron chi connectivity index (χ1n) is 10.8. The van der Waals surface area contributed by atoms with Crippen LogP contribution in [0.4, 0.5) is 4.79 Å². The molecule has 3 atom stereocenters. The first-order chi connectivity index (χ1) is 15.8. The fourth-order valence-corrected chi connectivity index (χ4v) is 2.80. The quantitative estimate of drug-likeness (QED) is 0.115. The lowest BCUT2D eigenvalue weighted by Crippen LogP contribution is -2.51. The van der Waals surface area contributed by atoms with Crippen molar-refractivity contribution >= 4 is 35.8 Å². The summed E-state index contributed by atoms with van der Waals surface area (Å²) in [5.41, 5.74) is 0. The Morgan fingerprint density at radius 2 is 1.12 bits per heavy atom. The number of carboxylic acids is 4. The van der Waals surface area contributed by atoms with E-state index < -0.39 is 73.2 Å². The summed E-state index contributed by atoms with van der Waals surface area (Å²) in [6.45, 7) is 4.66. The predicted octanol–water partition coefficient (Wildman–Crippen LogP) is -0.425. The normalized spacial score (nSPS) is 13.4. The van der Waals surface area contributed by atoms with Crippen LogP contribution < -0.4 is 21.3 Å². The Morgan fingerprint density at radius 3 is 1.56 bits per heavy atom. The van der Waals surface area contributed by atoms with Gasteiger partial charge in [0, 0.05) is 18.9 Å². The molecule has 8 N–H and O–H groups in total. The summed E-state index contributed by atoms with van der Waals surface area (Å²) < 4.78 is 0. The lowest BCUT2D eigenvalue weighted by Gasteiger charge is -2.19. The molecule has 194 valence electrons. The van der Waals surface area contributed by atoms with E-state index in [-0.39, 0.29) is 12.8 Å². The number of urea groups is 1. The third kappa shape index (κ3) is 14.6. The molecule has 0 radical (unpaired) electrons. The summed E-state index contributed by atoms with van der Waals surface area (Å²) in [7, 11) is 0. The summed E-state index contributed by atoms with van der Waals surface area (Å²) >= 11 is 0. The van der Waals surface area contributed by atoms with E-state index in [0.717, 1.165) is 0 Å². The van der Waals surface area contributed by atoms with Crippen molar-refractivity contribution < 1.29 is 49.2 Å². The second-order valence-corrected chi connectivity index (χ2v) is 7.93. The van der Waals surface area contributed by atoms with E-state index in [1.165, 1.54) is 0 Å². The topological polar surface area (TPSA) is 231 Å². The zero-order valence-corrected chi connectivity index (χ0v) is 19.2. The maximum absolute atomic E-state index is 12.1. The van der Waals surface area contributed by atoms with E-state index >= 15 is 0 Å². The third-order valence-electron chi connectivity index (χ3n) is 4.62. The molecule has 3 unspecified atom stereocenters. The molecule has 0 aromatic carbocycles. The van der Waals surface area contributed by atoms with Gasteiger partial charge in [-0.3, -0.25) is 9.59 Å². The number of carboxylic acid groups (broad SMARTS) is 4. The zero-order valence-electron chi connectivity index (χ0n) is 19.2. The molecule has 0 saturated carbocycles. The molecule has 14 heteroatoms. The Morgan fingerprint density at radius 1 is 0.647 bits per heavy atom. The predicted molar refractivity (Wildman–Crippen MR) is 117 cm³/mol. The van der Waals surface area contributed by atoms with Crippen molar-refractivity contribution in [3.63, 3.8) is 0 Å². The lowest BCUT2D eigenvalue weighted by molar-refractivity contribution is -0.142. The Balaban J connectivity index is 4.68. The first kappa shape index (κ1) is 30.6. The van der Waals surface area contributed by atoms with E-state index in [9.17, 15) is 39.0 Å². The van der Waals surface area contributed by atoms with Crippen molar-refractivity contribution in [3.8, 4) is 0 Å². The number of carbonyl (C=O) groups excluding carboxylic acids is 2. The monoisotopic (exact) mass is 490 g/mol. The van der Waals surface area contributed by atoms with E-state index in [1.807, 2.05) is 24.5 Å². The summed E-state index contributed by atoms with van der Waals surface area (Å²) in [6, 6.07) is -5.13. The number of hydrogen-bond acceptors (Lipinski definition) is 7. The van der Waals surface area contributed by atoms with E-state index in [1.54, 1.807) is 0 Å². The average molecular weight is 491 g/mol. The molecular formula is C20H34N4O10. The highest BCUT2D eigenvalue weighted by molar-refractivity contribution is 5.87. The van der Waals surface area contributed by atoms with Crippen LogP contribution in [0.15, 0.2) is 0 Å². The van der Waals surface area contributed by atoms with Crippen molar-refractivity contribution in [2.75, 3.05) is 6.54 Å². The Kier molecular flexibility index (Phi) is 14.6. The minimum Gasteiger partial charge on any atom is -0.481 e. The maximum atomic E-state index is 12.1. The lowest BCUT2D eigenvalue weighted by atomic mass is 10.1. The number of amides is 3. The number of carbonyl (C=O) groups is 6. The van der Waals surface area contributed by atoms with E-state index in [4.69, 9.17) is 10.2 Å². The van der Waals surface area contributed by atoms with Crippen LogP contribution in [0.25, 0.3) is 0 Å². The van der Waals surface area contributed by atoms with E-state index in [2.05, 4.69) is 10.6 Å². The van der Waals surface area contributed by atoms with E-state index in [0.29, 0.717) is 25.4 Å². The van der Waals surface area contributed by atoms with Crippen molar-refractivity contribution in [2.45, 2.75) is 83.0 Å². The number of rotatable bonds is 18. The molecule has 0 spiro atoms. The van der Waals surface area contributed by atoms with Crippen LogP contribution in [0.2, 0.25) is 0 Å². The van der Waals surface area contributed by atoms with Crippen LogP contribution in [-0.2, 0) is 24.0 Å². The van der Waals surface area contributed by atoms with Crippen LogP contribution in [0.5, 0.6) is 0 Å². The largest absolute Gasteiger partial charge is 0.481 e. The highest BCUT2D eigenvalue weighted by Gasteiger charge is 2.26. The minimum absolute atomic E-state index is 0.191. The second kappa shape index (κ2) is 16.2. The minimum atomic E-state index is -1.56. The molecular weight excluding hydrogens is 456 g/mol. The SMILES string of the molecule is CC(C)NCCCCC(NC(=O)CCC(NC(=O)NC(CCC(=O)O)C(=O)O)C(=O)O)C(=O)O. The van der Waals surface area contributed by atoms with Gasteiger partial charge < -0.3 is 41.7 Å². The number of unbranched alkanes of at least 4 members (excludes halogenated alkanes) is 1. The van der Waals surface area contributed by atoms with Crippen molar-refractivity contribution in [1.29, 1.82) is 0 Å². The number of hydrogen-bond donors (Lipinski definition) is 8. The Hall–Kier alpha value is -3.42. The van der Waals surface area contributed by atoms with Crippen LogP contribution in [0.3, 0.4) is 0 Å². The molecule has 0 aromatic rings. The highest BCUT2D eigenvalue weighted by Crippen LogP contribution is 2.05. The van der Waals surface area contributed by atoms with Gasteiger partial charge in [0.05, 0.1) is 0 Å². The molecule has 0 fully saturated rings. The molecule has 3 amide bonds. The van der Waals surface area contributed by atoms with Gasteiger partial charge in [0.25, 0.3) is 0 Å². The molecule has 0 rings (SSSR count). The summed E-state index contributed by atoms with van der Waals surface area (Å²) in [4.78, 5) is 68.6. The van der Waals surface area contributed by atoms with Gasteiger partial charge in [-0.2, -0.15) is 0 Å². The van der Waals surface area contributed by atoms with Crippen LogP contribution in [-0.4, -0.2) is 87.0 Å². The van der Waals surface area contributed by atoms with Gasteiger partial charge in [0.2, 0.25) is 5.91 Å². The van der Waals surface area contributed by atoms with Gasteiger partial charge in [-0.25, -0.2) is 19.2 Å². The van der Waals surface area contributed by atoms with Gasteiger partial charge in [0.15, 0.2) is 0 Å². The van der Waals surface area contributed by atoms with Gasteiger partial charge in [-0.1, -0.05) is 13.8 Å². The van der Waals surface area contributed by atoms with Gasteiger partial charge >= 0.3 is 29.9 Å². The average Bonchev–Trinajstić information content (AvgIpc) is 2.71. The molecule has 0 bridgehead atoms. The standard InChI is InChI=1S/C20H34N4O10/c1-11(2)21-10-4-3-5-12(17(28)29)22-15(25)8-6-13(18(30)31)23-20(34)24-14(19(32)33)7-9-16(26)27/h11-14,21H,3-10H2,1-2H3,(H,22,25)(H,26,27)(H,28,29)(H,30,31)(H,32,33)(H2,23,24,34). The van der Waals surface area contributed by atoms with Crippen molar-refractivity contribution in [3.05, 3.63) is 0 Å². The van der Waals surface area contributed by atoms with Gasteiger partial charge in [-0.05, 0) is 38.6 Å². The molecule has 0 aromatic heterocycles. The smallest absolute Gasteiger partial charge is 0.326 e. The summed E-state index contributed by atoms with van der Waals surface area (Å²) in [6.07, 6.45) is -0.286. The summed E-state index contributed by atoms with van der Waals surface area (Å²) in [5.74, 6) is -6.20. The Labute approximate surface area is 196 Å². The van der Waals surface area contributed by atoms with Crippen molar-refractivity contribution in [1.82, 2.24) is 21.3 Å². The molecule has 0 aliphatic rings. The first-order valence-corrected chi connectivity index (χ1v) is 10.8. The fourth-order valence-electron chi connectivity index (χ4n) is 2.80. The molecule has 14 nitrogen and oxygen atoms in total. The van der Waals surface area contributed by atoms with Crippen LogP contribution in [0, 0.1) is 0 Å². The van der Waals surface area contributed by atoms with Crippen LogP contribution >= 0.6 is 0 Å². The molecule has 34 heavy (non-hydrogen) atoms. The molecule has 0 aliphatic carbocycles. The molecule has 0 heterocycles.